The average molecular weight is 712 g/mol. The molecule has 3 rings (SSSR count). The van der Waals surface area contributed by atoms with Gasteiger partial charge in [-0.2, -0.15) is 0 Å². The minimum atomic E-state index is -1.20. The van der Waals surface area contributed by atoms with E-state index in [4.69, 9.17) is 10.5 Å². The third kappa shape index (κ3) is 13.8. The maximum absolute atomic E-state index is 12.7. The van der Waals surface area contributed by atoms with Gasteiger partial charge in [-0.15, -0.1) is 0 Å². The Bertz CT molecular complexity index is 1150. The van der Waals surface area contributed by atoms with E-state index >= 15 is 0 Å². The van der Waals surface area contributed by atoms with Crippen molar-refractivity contribution in [3.05, 3.63) is 12.4 Å². The molecule has 1 unspecified atom stereocenters. The van der Waals surface area contributed by atoms with Crippen LogP contribution in [0, 0.1) is 5.92 Å². The summed E-state index contributed by atoms with van der Waals surface area (Å²) >= 11 is 0. The van der Waals surface area contributed by atoms with Crippen LogP contribution in [0.2, 0.25) is 0 Å². The van der Waals surface area contributed by atoms with Gasteiger partial charge in [0.15, 0.2) is 6.04 Å². The fourth-order valence-electron chi connectivity index (χ4n) is 5.23. The molecule has 3 saturated heterocycles. The third-order valence-electron chi connectivity index (χ3n) is 7.58. The first-order valence-electron chi connectivity index (χ1n) is 17.4. The summed E-state index contributed by atoms with van der Waals surface area (Å²) in [4.78, 5) is 79.6. The Hall–Kier alpha value is -4.44. The monoisotopic (exact) mass is 711 g/mol. The topological polar surface area (TPSA) is 210 Å². The number of hydrogen-bond acceptors (Lipinski definition) is 9. The molecule has 3 aliphatic rings. The number of rotatable bonds is 7. The van der Waals surface area contributed by atoms with E-state index in [1.165, 1.54) is 4.90 Å². The summed E-state index contributed by atoms with van der Waals surface area (Å²) in [5.74, 6) is -2.10. The lowest BCUT2D eigenvalue weighted by atomic mass is 9.83. The van der Waals surface area contributed by atoms with Gasteiger partial charge in [0.2, 0.25) is 5.91 Å². The molecule has 0 bridgehead atoms. The van der Waals surface area contributed by atoms with Crippen molar-refractivity contribution >= 4 is 36.1 Å². The lowest BCUT2D eigenvalue weighted by molar-refractivity contribution is -0.167. The molecular formula is C33H61N9O8. The fourth-order valence-corrected chi connectivity index (χ4v) is 5.23. The van der Waals surface area contributed by atoms with Crippen LogP contribution in [-0.2, 0) is 14.3 Å². The molecule has 3 heterocycles. The summed E-state index contributed by atoms with van der Waals surface area (Å²) in [7, 11) is 0. The van der Waals surface area contributed by atoms with E-state index in [0.717, 1.165) is 4.90 Å². The molecule has 0 aliphatic carbocycles. The van der Waals surface area contributed by atoms with Gasteiger partial charge in [0.1, 0.15) is 5.60 Å². The van der Waals surface area contributed by atoms with Crippen LogP contribution in [0.5, 0.6) is 0 Å². The van der Waals surface area contributed by atoms with Gasteiger partial charge < -0.3 is 51.1 Å². The number of imide groups is 1. The van der Waals surface area contributed by atoms with Gasteiger partial charge in [-0.25, -0.2) is 28.9 Å². The molecule has 0 aromatic heterocycles. The van der Waals surface area contributed by atoms with Crippen LogP contribution in [0.3, 0.4) is 0 Å². The molecule has 50 heavy (non-hydrogen) atoms. The quantitative estimate of drug-likeness (QED) is 0.192. The number of likely N-dealkylation sites (tertiary alicyclic amines) is 1. The molecule has 0 spiro atoms. The maximum atomic E-state index is 12.7. The van der Waals surface area contributed by atoms with Gasteiger partial charge in [-0.3, -0.25) is 4.79 Å². The van der Waals surface area contributed by atoms with E-state index in [2.05, 4.69) is 22.5 Å². The number of hydrogen-bond donors (Lipinski definition) is 5. The van der Waals surface area contributed by atoms with E-state index < -0.39 is 35.5 Å². The predicted octanol–water partition coefficient (Wildman–Crippen LogP) is 2.24. The van der Waals surface area contributed by atoms with E-state index in [1.54, 1.807) is 14.7 Å². The van der Waals surface area contributed by atoms with Crippen molar-refractivity contribution in [1.82, 2.24) is 40.4 Å². The van der Waals surface area contributed by atoms with Crippen molar-refractivity contribution in [1.29, 1.82) is 0 Å². The molecule has 17 heteroatoms. The van der Waals surface area contributed by atoms with Crippen molar-refractivity contribution in [3.63, 3.8) is 0 Å². The van der Waals surface area contributed by atoms with Crippen LogP contribution in [0.15, 0.2) is 12.4 Å². The molecule has 8 amide bonds. The minimum absolute atomic E-state index is 0.0821. The second-order valence-corrected chi connectivity index (χ2v) is 13.9. The normalized spacial score (nSPS) is 19.1. The molecule has 3 aliphatic heterocycles. The van der Waals surface area contributed by atoms with E-state index in [-0.39, 0.29) is 36.8 Å². The smallest absolute Gasteiger partial charge is 0.410 e. The van der Waals surface area contributed by atoms with Gasteiger partial charge in [0.25, 0.3) is 0 Å². The summed E-state index contributed by atoms with van der Waals surface area (Å²) < 4.78 is 5.32. The summed E-state index contributed by atoms with van der Waals surface area (Å²) in [5.41, 5.74) is 4.66. The molecule has 286 valence electrons. The summed E-state index contributed by atoms with van der Waals surface area (Å²) in [6.45, 7) is 24.9. The van der Waals surface area contributed by atoms with Crippen molar-refractivity contribution in [2.24, 2.45) is 11.7 Å². The predicted molar refractivity (Wildman–Crippen MR) is 189 cm³/mol. The highest BCUT2D eigenvalue weighted by molar-refractivity contribution is 6.07. The van der Waals surface area contributed by atoms with Crippen LogP contribution in [0.4, 0.5) is 19.2 Å². The molecule has 0 saturated carbocycles. The Morgan fingerprint density at radius 1 is 0.840 bits per heavy atom. The molecule has 0 radical (unpaired) electrons. The standard InChI is InChI=1S/C17H28N6O5.C14H27N3O3.C2H6/c1-3-19-16(27)21-7-9-22(10-8-21)17(28)23-13(15(25)26)12(14(23)24)5-4-6-20-11(2)18;1-13(2,3)15-11(18)16-7-9-17(10-8-16)12(19)20-14(4,5)6;1-2/h12-13,20H,2-10,18H2,1H3,(H,19,27)(H,25,26);7-10H2,1-6H3,(H,15,18);1-2H3/t12-,13?;;/m1../s1. The Morgan fingerprint density at radius 3 is 1.76 bits per heavy atom. The van der Waals surface area contributed by atoms with Crippen molar-refractivity contribution in [3.8, 4) is 0 Å². The summed E-state index contributed by atoms with van der Waals surface area (Å²) in [6, 6.07) is -2.06. The number of carboxylic acid groups (broad SMARTS) is 1. The lowest BCUT2D eigenvalue weighted by Gasteiger charge is -2.46. The SMILES string of the molecule is C=C(N)NCCC[C@H]1C(=O)N(C(=O)N2CCN(C(=O)NCC)CC2)C1C(=O)O.CC.CC(C)(C)NC(=O)N1CCN(C(=O)OC(C)(C)C)CC1. The van der Waals surface area contributed by atoms with Crippen LogP contribution in [0.1, 0.15) is 75.2 Å². The number of carbonyl (C=O) groups is 6. The molecular weight excluding hydrogens is 650 g/mol. The number of β-lactam (4-membered cyclic amide) rings is 1. The number of ether oxygens (including phenoxy) is 1. The van der Waals surface area contributed by atoms with Crippen LogP contribution >= 0.6 is 0 Å². The summed E-state index contributed by atoms with van der Waals surface area (Å²) in [6.07, 6.45) is 0.558. The zero-order valence-electron chi connectivity index (χ0n) is 31.5. The highest BCUT2D eigenvalue weighted by Crippen LogP contribution is 2.32. The Morgan fingerprint density at radius 2 is 1.32 bits per heavy atom. The van der Waals surface area contributed by atoms with Gasteiger partial charge in [0, 0.05) is 71.0 Å². The highest BCUT2D eigenvalue weighted by atomic mass is 16.6. The molecule has 6 N–H and O–H groups in total. The zero-order chi connectivity index (χ0) is 38.4. The third-order valence-corrected chi connectivity index (χ3v) is 7.58. The molecule has 0 aromatic rings. The molecule has 2 atom stereocenters. The Kier molecular flexibility index (Phi) is 17.1. The molecule has 3 fully saturated rings. The number of aliphatic carboxylic acids is 1. The van der Waals surface area contributed by atoms with Gasteiger partial charge >= 0.3 is 30.2 Å². The fraction of sp³-hybridized carbons (Fsp3) is 0.758. The molecule has 17 nitrogen and oxygen atoms in total. The number of carbonyl (C=O) groups excluding carboxylic acids is 5. The second kappa shape index (κ2) is 19.7. The summed E-state index contributed by atoms with van der Waals surface area (Å²) in [5, 5.41) is 17.9. The van der Waals surface area contributed by atoms with E-state index in [9.17, 15) is 33.9 Å². The highest BCUT2D eigenvalue weighted by Gasteiger charge is 2.55. The number of nitrogens with one attached hydrogen (secondary N) is 3. The van der Waals surface area contributed by atoms with E-state index in [1.807, 2.05) is 62.3 Å². The Labute approximate surface area is 296 Å². The van der Waals surface area contributed by atoms with Crippen LogP contribution in [-0.4, -0.2) is 148 Å². The first kappa shape index (κ1) is 43.6. The van der Waals surface area contributed by atoms with Crippen molar-refractivity contribution in [2.75, 3.05) is 65.4 Å². The van der Waals surface area contributed by atoms with Crippen molar-refractivity contribution in [2.45, 2.75) is 92.3 Å². The lowest BCUT2D eigenvalue weighted by Crippen LogP contribution is -2.69. The first-order chi connectivity index (χ1) is 23.3. The second-order valence-electron chi connectivity index (χ2n) is 13.9. The van der Waals surface area contributed by atoms with Gasteiger partial charge in [-0.05, 0) is 61.3 Å². The zero-order valence-corrected chi connectivity index (χ0v) is 31.5. The van der Waals surface area contributed by atoms with Crippen LogP contribution in [0.25, 0.3) is 0 Å². The van der Waals surface area contributed by atoms with Gasteiger partial charge in [-0.1, -0.05) is 20.4 Å². The van der Waals surface area contributed by atoms with Gasteiger partial charge in [0.05, 0.1) is 11.7 Å². The minimum Gasteiger partial charge on any atom is -0.480 e. The number of nitrogens with two attached hydrogens (primary N) is 1. The number of nitrogens with zero attached hydrogens (tertiary/aromatic N) is 5. The number of amides is 8. The maximum Gasteiger partial charge on any atom is 0.410 e. The van der Waals surface area contributed by atoms with E-state index in [0.29, 0.717) is 71.0 Å². The van der Waals surface area contributed by atoms with Crippen LogP contribution < -0.4 is 21.7 Å². The first-order valence-corrected chi connectivity index (χ1v) is 17.4. The molecule has 0 aromatic carbocycles. The number of piperazine rings is 2. The number of urea groups is 3. The van der Waals surface area contributed by atoms with Crippen molar-refractivity contribution < 1.29 is 38.6 Å². The largest absolute Gasteiger partial charge is 0.480 e. The number of carboxylic acids is 1. The Balaban J connectivity index is 0.000000501. The average Bonchev–Trinajstić information content (AvgIpc) is 3.02.